The van der Waals surface area contributed by atoms with Crippen LogP contribution in [0.3, 0.4) is 0 Å². The first-order valence-electron chi connectivity index (χ1n) is 8.74. The van der Waals surface area contributed by atoms with Gasteiger partial charge in [0.05, 0.1) is 0 Å². The molecule has 2 aromatic carbocycles. The van der Waals surface area contributed by atoms with Crippen LogP contribution in [-0.2, 0) is 4.79 Å². The first-order chi connectivity index (χ1) is 14.3. The molecule has 0 radical (unpaired) electrons. The molecule has 1 N–H and O–H groups in total. The van der Waals surface area contributed by atoms with Crippen molar-refractivity contribution in [3.8, 4) is 28.8 Å². The average molecular weight is 388 g/mol. The van der Waals surface area contributed by atoms with Crippen LogP contribution < -0.4 is 14.8 Å². The Morgan fingerprint density at radius 1 is 1.00 bits per heavy atom. The third-order valence-corrected chi connectivity index (χ3v) is 3.81. The Morgan fingerprint density at radius 2 is 1.86 bits per heavy atom. The highest BCUT2D eigenvalue weighted by Crippen LogP contribution is 2.23. The number of rotatable bonds is 7. The molecule has 0 spiro atoms. The fraction of sp³-hybridized carbons (Fsp3) is 0.0476. The summed E-state index contributed by atoms with van der Waals surface area (Å²) < 4.78 is 16.3. The molecule has 0 aliphatic carbocycles. The van der Waals surface area contributed by atoms with Crippen molar-refractivity contribution in [2.24, 2.45) is 0 Å². The number of anilines is 1. The van der Waals surface area contributed by atoms with Crippen LogP contribution in [0.2, 0.25) is 0 Å². The summed E-state index contributed by atoms with van der Waals surface area (Å²) >= 11 is 0. The van der Waals surface area contributed by atoms with E-state index in [1.54, 1.807) is 54.7 Å². The summed E-state index contributed by atoms with van der Waals surface area (Å²) in [6.45, 7) is -0.134. The van der Waals surface area contributed by atoms with E-state index in [0.717, 1.165) is 0 Å². The molecule has 8 nitrogen and oxygen atoms in total. The van der Waals surface area contributed by atoms with Gasteiger partial charge in [0, 0.05) is 23.5 Å². The topological polar surface area (TPSA) is 99.4 Å². The lowest BCUT2D eigenvalue weighted by Crippen LogP contribution is -2.20. The van der Waals surface area contributed by atoms with Crippen molar-refractivity contribution in [3.63, 3.8) is 0 Å². The third-order valence-electron chi connectivity index (χ3n) is 3.81. The summed E-state index contributed by atoms with van der Waals surface area (Å²) in [7, 11) is 0. The maximum atomic E-state index is 12.2. The van der Waals surface area contributed by atoms with Gasteiger partial charge in [0.1, 0.15) is 11.5 Å². The normalized spacial score (nSPS) is 10.3. The molecule has 0 atom stereocenters. The summed E-state index contributed by atoms with van der Waals surface area (Å²) in [6.07, 6.45) is 2.91. The summed E-state index contributed by atoms with van der Waals surface area (Å²) in [5, 5.41) is 10.3. The molecule has 0 aliphatic heterocycles. The molecule has 0 fully saturated rings. The van der Waals surface area contributed by atoms with E-state index in [4.69, 9.17) is 13.9 Å². The van der Waals surface area contributed by atoms with Gasteiger partial charge in [-0.05, 0) is 48.5 Å². The molecule has 144 valence electrons. The Hall–Kier alpha value is -4.20. The summed E-state index contributed by atoms with van der Waals surface area (Å²) in [4.78, 5) is 16.3. The van der Waals surface area contributed by atoms with Crippen LogP contribution in [0.1, 0.15) is 0 Å². The minimum Gasteiger partial charge on any atom is -0.484 e. The molecule has 0 aliphatic rings. The fourth-order valence-electron chi connectivity index (χ4n) is 2.51. The molecular formula is C21H16N4O4. The van der Waals surface area contributed by atoms with Gasteiger partial charge in [0.15, 0.2) is 6.61 Å². The Labute approximate surface area is 166 Å². The van der Waals surface area contributed by atoms with E-state index in [9.17, 15) is 4.79 Å². The van der Waals surface area contributed by atoms with E-state index in [1.165, 1.54) is 6.39 Å². The van der Waals surface area contributed by atoms with Crippen molar-refractivity contribution in [1.82, 2.24) is 15.2 Å². The molecule has 0 saturated heterocycles. The van der Waals surface area contributed by atoms with Gasteiger partial charge in [-0.3, -0.25) is 4.79 Å². The number of nitrogens with one attached hydrogen (secondary N) is 1. The average Bonchev–Trinajstić information content (AvgIpc) is 3.29. The van der Waals surface area contributed by atoms with E-state index in [0.29, 0.717) is 34.5 Å². The van der Waals surface area contributed by atoms with Crippen molar-refractivity contribution >= 4 is 11.6 Å². The largest absolute Gasteiger partial charge is 0.484 e. The molecular weight excluding hydrogens is 372 g/mol. The number of carbonyl (C=O) groups excluding carboxylic acids is 1. The quantitative estimate of drug-likeness (QED) is 0.512. The lowest BCUT2D eigenvalue weighted by molar-refractivity contribution is -0.118. The Bertz CT molecular complexity index is 1070. The molecule has 2 heterocycles. The molecule has 0 unspecified atom stereocenters. The van der Waals surface area contributed by atoms with Gasteiger partial charge in [0.2, 0.25) is 18.2 Å². The van der Waals surface area contributed by atoms with Crippen molar-refractivity contribution in [2.75, 3.05) is 11.9 Å². The van der Waals surface area contributed by atoms with Gasteiger partial charge in [-0.25, -0.2) is 4.98 Å². The number of nitrogens with zero attached hydrogens (tertiary/aromatic N) is 3. The minimum absolute atomic E-state index is 0.134. The zero-order chi connectivity index (χ0) is 19.9. The van der Waals surface area contributed by atoms with Gasteiger partial charge in [-0.15, -0.1) is 10.2 Å². The maximum Gasteiger partial charge on any atom is 0.262 e. The summed E-state index contributed by atoms with van der Waals surface area (Å²) in [6, 6.07) is 19.5. The number of aromatic nitrogens is 3. The zero-order valence-electron chi connectivity index (χ0n) is 15.2. The van der Waals surface area contributed by atoms with E-state index >= 15 is 0 Å². The number of pyridine rings is 1. The smallest absolute Gasteiger partial charge is 0.262 e. The first kappa shape index (κ1) is 18.2. The first-order valence-corrected chi connectivity index (χ1v) is 8.74. The highest BCUT2D eigenvalue weighted by molar-refractivity contribution is 5.92. The van der Waals surface area contributed by atoms with Crippen LogP contribution in [0.25, 0.3) is 11.5 Å². The predicted octanol–water partition coefficient (Wildman–Crippen LogP) is 3.94. The molecule has 1 amide bonds. The van der Waals surface area contributed by atoms with Crippen LogP contribution in [0, 0.1) is 0 Å². The molecule has 2 aromatic heterocycles. The van der Waals surface area contributed by atoms with Crippen LogP contribution in [0.15, 0.2) is 83.7 Å². The van der Waals surface area contributed by atoms with Crippen LogP contribution in [0.5, 0.6) is 17.4 Å². The second kappa shape index (κ2) is 8.66. The zero-order valence-corrected chi connectivity index (χ0v) is 15.2. The molecule has 8 heteroatoms. The van der Waals surface area contributed by atoms with Crippen LogP contribution in [-0.4, -0.2) is 27.7 Å². The molecule has 29 heavy (non-hydrogen) atoms. The number of amides is 1. The number of hydrogen-bond donors (Lipinski definition) is 1. The number of benzene rings is 2. The lowest BCUT2D eigenvalue weighted by atomic mass is 10.2. The van der Waals surface area contributed by atoms with Gasteiger partial charge >= 0.3 is 0 Å². The molecule has 4 aromatic rings. The maximum absolute atomic E-state index is 12.2. The summed E-state index contributed by atoms with van der Waals surface area (Å²) in [5.41, 5.74) is 1.32. The van der Waals surface area contributed by atoms with E-state index in [2.05, 4.69) is 20.5 Å². The van der Waals surface area contributed by atoms with E-state index in [-0.39, 0.29) is 12.5 Å². The van der Waals surface area contributed by atoms with Crippen molar-refractivity contribution in [2.45, 2.75) is 0 Å². The predicted molar refractivity (Wildman–Crippen MR) is 105 cm³/mol. The van der Waals surface area contributed by atoms with Crippen molar-refractivity contribution in [3.05, 3.63) is 79.3 Å². The number of carbonyl (C=O) groups is 1. The van der Waals surface area contributed by atoms with E-state index in [1.807, 2.05) is 18.2 Å². The van der Waals surface area contributed by atoms with Gasteiger partial charge < -0.3 is 19.2 Å². The van der Waals surface area contributed by atoms with Crippen molar-refractivity contribution in [1.29, 1.82) is 0 Å². The number of ether oxygens (including phenoxy) is 2. The fourth-order valence-corrected chi connectivity index (χ4v) is 2.51. The SMILES string of the molecule is O=C(COc1ccc(Oc2ccccn2)cc1)Nc1cccc(-c2nnco2)c1. The second-order valence-corrected chi connectivity index (χ2v) is 5.90. The highest BCUT2D eigenvalue weighted by Gasteiger charge is 2.08. The Kier molecular flexibility index (Phi) is 5.43. The molecule has 0 saturated carbocycles. The van der Waals surface area contributed by atoms with Crippen LogP contribution in [0.4, 0.5) is 5.69 Å². The second-order valence-electron chi connectivity index (χ2n) is 5.90. The van der Waals surface area contributed by atoms with Crippen molar-refractivity contribution < 1.29 is 18.7 Å². The number of hydrogen-bond acceptors (Lipinski definition) is 7. The van der Waals surface area contributed by atoms with Gasteiger partial charge in [-0.2, -0.15) is 0 Å². The van der Waals surface area contributed by atoms with Gasteiger partial charge in [0.25, 0.3) is 5.91 Å². The Morgan fingerprint density at radius 3 is 2.62 bits per heavy atom. The van der Waals surface area contributed by atoms with Crippen LogP contribution >= 0.6 is 0 Å². The molecule has 4 rings (SSSR count). The summed E-state index contributed by atoms with van der Waals surface area (Å²) in [5.74, 6) is 1.77. The van der Waals surface area contributed by atoms with E-state index < -0.39 is 0 Å². The highest BCUT2D eigenvalue weighted by atomic mass is 16.5. The molecule has 0 bridgehead atoms. The third kappa shape index (κ3) is 4.95. The Balaban J connectivity index is 1.30. The monoisotopic (exact) mass is 388 g/mol. The van der Waals surface area contributed by atoms with Gasteiger partial charge in [-0.1, -0.05) is 12.1 Å². The standard InChI is InChI=1S/C21H16N4O4/c26-19(24-16-5-3-4-15(12-16)21-25-23-14-28-21)13-27-17-7-9-18(10-8-17)29-20-6-1-2-11-22-20/h1-12,14H,13H2,(H,24,26). The minimum atomic E-state index is -0.290. The lowest BCUT2D eigenvalue weighted by Gasteiger charge is -2.09.